The van der Waals surface area contributed by atoms with Gasteiger partial charge in [0.1, 0.15) is 0 Å². The molecule has 0 amide bonds. The number of hydrogen-bond donors (Lipinski definition) is 1. The van der Waals surface area contributed by atoms with Crippen molar-refractivity contribution in [1.82, 2.24) is 9.88 Å². The van der Waals surface area contributed by atoms with Gasteiger partial charge in [0.25, 0.3) is 0 Å². The molecular weight excluding hydrogens is 212 g/mol. The number of nitrogens with zero attached hydrogens (tertiary/aromatic N) is 3. The molecule has 1 aromatic heterocycles. The monoisotopic (exact) mass is 234 g/mol. The predicted molar refractivity (Wildman–Crippen MR) is 71.1 cm³/mol. The number of anilines is 1. The van der Waals surface area contributed by atoms with Crippen LogP contribution in [0.4, 0.5) is 5.69 Å². The van der Waals surface area contributed by atoms with Gasteiger partial charge in [-0.1, -0.05) is 0 Å². The maximum absolute atomic E-state index is 5.80. The summed E-state index contributed by atoms with van der Waals surface area (Å²) < 4.78 is 0. The molecule has 0 saturated carbocycles. The molecule has 94 valence electrons. The van der Waals surface area contributed by atoms with Gasteiger partial charge in [0.05, 0.1) is 17.6 Å². The number of rotatable bonds is 2. The Balaban J connectivity index is 2.11. The standard InChI is InChI=1S/C13H22N4/c1-10-9-16(3)6-7-17(10)12-4-5-13(11(2)14)15-8-12/h4-5,8,10-11H,6-7,9,14H2,1-3H3. The first-order valence-electron chi connectivity index (χ1n) is 6.24. The Labute approximate surface area is 103 Å². The maximum Gasteiger partial charge on any atom is 0.0569 e. The molecule has 17 heavy (non-hydrogen) atoms. The molecule has 1 aromatic rings. The van der Waals surface area contributed by atoms with Gasteiger partial charge in [0.2, 0.25) is 0 Å². The predicted octanol–water partition coefficient (Wildman–Crippen LogP) is 1.24. The lowest BCUT2D eigenvalue weighted by Crippen LogP contribution is -2.50. The average molecular weight is 234 g/mol. The van der Waals surface area contributed by atoms with Crippen molar-refractivity contribution in [3.05, 3.63) is 24.0 Å². The minimum Gasteiger partial charge on any atom is -0.365 e. The van der Waals surface area contributed by atoms with E-state index >= 15 is 0 Å². The fraction of sp³-hybridized carbons (Fsp3) is 0.615. The Morgan fingerprint density at radius 2 is 2.18 bits per heavy atom. The molecular formula is C13H22N4. The van der Waals surface area contributed by atoms with Crippen molar-refractivity contribution in [2.24, 2.45) is 5.73 Å². The first kappa shape index (κ1) is 12.3. The van der Waals surface area contributed by atoms with Gasteiger partial charge >= 0.3 is 0 Å². The van der Waals surface area contributed by atoms with Crippen molar-refractivity contribution in [3.8, 4) is 0 Å². The van der Waals surface area contributed by atoms with Crippen molar-refractivity contribution in [2.45, 2.75) is 25.9 Å². The molecule has 2 heterocycles. The van der Waals surface area contributed by atoms with E-state index in [2.05, 4.69) is 34.8 Å². The highest BCUT2D eigenvalue weighted by Crippen LogP contribution is 2.20. The van der Waals surface area contributed by atoms with Crippen LogP contribution in [0.1, 0.15) is 25.6 Å². The first-order valence-corrected chi connectivity index (χ1v) is 6.24. The molecule has 0 aliphatic carbocycles. The third kappa shape index (κ3) is 2.76. The number of likely N-dealkylation sites (N-methyl/N-ethyl adjacent to an activating group) is 1. The van der Waals surface area contributed by atoms with Crippen molar-refractivity contribution in [1.29, 1.82) is 0 Å². The molecule has 2 atom stereocenters. The summed E-state index contributed by atoms with van der Waals surface area (Å²) in [6.45, 7) is 7.50. The quantitative estimate of drug-likeness (QED) is 0.836. The molecule has 2 rings (SSSR count). The average Bonchev–Trinajstić information content (AvgIpc) is 2.29. The highest BCUT2D eigenvalue weighted by Gasteiger charge is 2.21. The van der Waals surface area contributed by atoms with Gasteiger partial charge in [-0.25, -0.2) is 0 Å². The van der Waals surface area contributed by atoms with Crippen LogP contribution in [-0.4, -0.2) is 42.6 Å². The molecule has 0 radical (unpaired) electrons. The van der Waals surface area contributed by atoms with Crippen LogP contribution < -0.4 is 10.6 Å². The van der Waals surface area contributed by atoms with Crippen LogP contribution >= 0.6 is 0 Å². The molecule has 0 spiro atoms. The van der Waals surface area contributed by atoms with Crippen molar-refractivity contribution in [2.75, 3.05) is 31.6 Å². The summed E-state index contributed by atoms with van der Waals surface area (Å²) in [6, 6.07) is 4.71. The normalized spacial score (nSPS) is 23.8. The Morgan fingerprint density at radius 1 is 1.41 bits per heavy atom. The van der Waals surface area contributed by atoms with Crippen molar-refractivity contribution < 1.29 is 0 Å². The van der Waals surface area contributed by atoms with Crippen LogP contribution in [0.25, 0.3) is 0 Å². The Bertz CT molecular complexity index is 360. The third-order valence-electron chi connectivity index (χ3n) is 3.40. The lowest BCUT2D eigenvalue weighted by molar-refractivity contribution is 0.275. The van der Waals surface area contributed by atoms with E-state index in [-0.39, 0.29) is 6.04 Å². The number of hydrogen-bond acceptors (Lipinski definition) is 4. The number of pyridine rings is 1. The zero-order valence-electron chi connectivity index (χ0n) is 10.9. The lowest BCUT2D eigenvalue weighted by atomic mass is 10.1. The van der Waals surface area contributed by atoms with Crippen LogP contribution in [-0.2, 0) is 0 Å². The second-order valence-corrected chi connectivity index (χ2v) is 5.03. The van der Waals surface area contributed by atoms with E-state index in [9.17, 15) is 0 Å². The minimum absolute atomic E-state index is 0.00830. The molecule has 0 aromatic carbocycles. The second-order valence-electron chi connectivity index (χ2n) is 5.03. The Morgan fingerprint density at radius 3 is 2.71 bits per heavy atom. The number of aromatic nitrogens is 1. The third-order valence-corrected chi connectivity index (χ3v) is 3.40. The molecule has 1 aliphatic heterocycles. The van der Waals surface area contributed by atoms with E-state index in [1.807, 2.05) is 19.2 Å². The van der Waals surface area contributed by atoms with Gasteiger partial charge in [-0.2, -0.15) is 0 Å². The summed E-state index contributed by atoms with van der Waals surface area (Å²) in [4.78, 5) is 9.21. The van der Waals surface area contributed by atoms with Gasteiger partial charge in [0.15, 0.2) is 0 Å². The second kappa shape index (κ2) is 5.02. The Hall–Kier alpha value is -1.13. The topological polar surface area (TPSA) is 45.4 Å². The molecule has 4 nitrogen and oxygen atoms in total. The van der Waals surface area contributed by atoms with E-state index < -0.39 is 0 Å². The fourth-order valence-corrected chi connectivity index (χ4v) is 2.36. The van der Waals surface area contributed by atoms with Gasteiger partial charge in [-0.15, -0.1) is 0 Å². The van der Waals surface area contributed by atoms with E-state index in [0.717, 1.165) is 25.3 Å². The van der Waals surface area contributed by atoms with Crippen LogP contribution in [0.5, 0.6) is 0 Å². The van der Waals surface area contributed by atoms with Crippen LogP contribution in [0.3, 0.4) is 0 Å². The molecule has 1 fully saturated rings. The van der Waals surface area contributed by atoms with E-state index in [1.54, 1.807) is 0 Å². The van der Waals surface area contributed by atoms with Crippen molar-refractivity contribution in [3.63, 3.8) is 0 Å². The molecule has 1 aliphatic rings. The lowest BCUT2D eigenvalue weighted by Gasteiger charge is -2.39. The van der Waals surface area contributed by atoms with E-state index in [4.69, 9.17) is 5.73 Å². The van der Waals surface area contributed by atoms with E-state index in [1.165, 1.54) is 5.69 Å². The number of piperazine rings is 1. The highest BCUT2D eigenvalue weighted by molar-refractivity contribution is 5.46. The Kier molecular flexibility index (Phi) is 3.64. The van der Waals surface area contributed by atoms with Gasteiger partial charge < -0.3 is 15.5 Å². The summed E-state index contributed by atoms with van der Waals surface area (Å²) in [5, 5.41) is 0. The van der Waals surface area contributed by atoms with Crippen LogP contribution in [0.15, 0.2) is 18.3 Å². The van der Waals surface area contributed by atoms with Crippen molar-refractivity contribution >= 4 is 5.69 Å². The SMILES string of the molecule is CC(N)c1ccc(N2CCN(C)CC2C)cn1. The largest absolute Gasteiger partial charge is 0.365 e. The summed E-state index contributed by atoms with van der Waals surface area (Å²) in [5.41, 5.74) is 7.96. The molecule has 1 saturated heterocycles. The minimum atomic E-state index is 0.00830. The molecule has 2 N–H and O–H groups in total. The summed E-state index contributed by atoms with van der Waals surface area (Å²) in [6.07, 6.45) is 1.94. The maximum atomic E-state index is 5.80. The van der Waals surface area contributed by atoms with Gasteiger partial charge in [-0.3, -0.25) is 4.98 Å². The van der Waals surface area contributed by atoms with Crippen LogP contribution in [0.2, 0.25) is 0 Å². The summed E-state index contributed by atoms with van der Waals surface area (Å²) in [5.74, 6) is 0. The smallest absolute Gasteiger partial charge is 0.0569 e. The van der Waals surface area contributed by atoms with Crippen LogP contribution in [0, 0.1) is 0 Å². The number of nitrogens with two attached hydrogens (primary N) is 1. The van der Waals surface area contributed by atoms with E-state index in [0.29, 0.717) is 6.04 Å². The molecule has 2 unspecified atom stereocenters. The fourth-order valence-electron chi connectivity index (χ4n) is 2.36. The van der Waals surface area contributed by atoms with Gasteiger partial charge in [-0.05, 0) is 33.0 Å². The van der Waals surface area contributed by atoms with Gasteiger partial charge in [0, 0.05) is 31.7 Å². The molecule has 0 bridgehead atoms. The first-order chi connectivity index (χ1) is 8.08. The summed E-state index contributed by atoms with van der Waals surface area (Å²) >= 11 is 0. The summed E-state index contributed by atoms with van der Waals surface area (Å²) in [7, 11) is 2.17. The zero-order valence-corrected chi connectivity index (χ0v) is 10.9. The zero-order chi connectivity index (χ0) is 12.4. The molecule has 4 heteroatoms. The highest BCUT2D eigenvalue weighted by atomic mass is 15.3.